The van der Waals surface area contributed by atoms with E-state index in [1.54, 1.807) is 12.4 Å². The van der Waals surface area contributed by atoms with Gasteiger partial charge in [0, 0.05) is 18.9 Å². The van der Waals surface area contributed by atoms with Crippen LogP contribution >= 0.6 is 0 Å². The van der Waals surface area contributed by atoms with Gasteiger partial charge in [0.25, 0.3) is 5.56 Å². The van der Waals surface area contributed by atoms with E-state index in [2.05, 4.69) is 20.3 Å². The maximum absolute atomic E-state index is 11.2. The summed E-state index contributed by atoms with van der Waals surface area (Å²) in [5, 5.41) is 2.99. The van der Waals surface area contributed by atoms with Gasteiger partial charge in [-0.05, 0) is 17.7 Å². The molecule has 0 fully saturated rings. The lowest BCUT2D eigenvalue weighted by atomic mass is 10.3. The summed E-state index contributed by atoms with van der Waals surface area (Å²) in [4.78, 5) is 21.4. The summed E-state index contributed by atoms with van der Waals surface area (Å²) in [6, 6.07) is 3.74. The highest BCUT2D eigenvalue weighted by atomic mass is 16.1. The van der Waals surface area contributed by atoms with Gasteiger partial charge in [0.2, 0.25) is 0 Å². The first-order valence-electron chi connectivity index (χ1n) is 4.73. The zero-order chi connectivity index (χ0) is 11.4. The monoisotopic (exact) mass is 217 g/mol. The molecule has 2 aromatic heterocycles. The average Bonchev–Trinajstić information content (AvgIpc) is 2.32. The zero-order valence-electron chi connectivity index (χ0n) is 8.47. The molecular weight excluding hydrogens is 206 g/mol. The van der Waals surface area contributed by atoms with Gasteiger partial charge < -0.3 is 16.0 Å². The summed E-state index contributed by atoms with van der Waals surface area (Å²) in [6.45, 7) is 0.545. The van der Waals surface area contributed by atoms with Crippen LogP contribution in [0.4, 0.5) is 11.5 Å². The molecule has 6 nitrogen and oxygen atoms in total. The highest BCUT2D eigenvalue weighted by Crippen LogP contribution is 2.09. The Morgan fingerprint density at radius 2 is 2.12 bits per heavy atom. The largest absolute Gasteiger partial charge is 0.391 e. The highest BCUT2D eigenvalue weighted by Gasteiger charge is 2.03. The molecule has 2 rings (SSSR count). The number of pyridine rings is 1. The molecule has 82 valence electrons. The van der Waals surface area contributed by atoms with Crippen LogP contribution in [0, 0.1) is 0 Å². The fourth-order valence-corrected chi connectivity index (χ4v) is 1.24. The Bertz CT molecular complexity index is 522. The molecule has 0 aliphatic carbocycles. The van der Waals surface area contributed by atoms with Gasteiger partial charge in [-0.3, -0.25) is 9.78 Å². The van der Waals surface area contributed by atoms with E-state index < -0.39 is 0 Å². The summed E-state index contributed by atoms with van der Waals surface area (Å²) in [5.74, 6) is 0.389. The Morgan fingerprint density at radius 1 is 1.38 bits per heavy atom. The van der Waals surface area contributed by atoms with Crippen LogP contribution in [-0.4, -0.2) is 15.0 Å². The highest BCUT2D eigenvalue weighted by molar-refractivity contribution is 5.58. The fraction of sp³-hybridized carbons (Fsp3) is 0.100. The Morgan fingerprint density at radius 3 is 2.88 bits per heavy atom. The molecule has 0 saturated carbocycles. The first kappa shape index (κ1) is 10.2. The lowest BCUT2D eigenvalue weighted by Crippen LogP contribution is -2.16. The van der Waals surface area contributed by atoms with Crippen molar-refractivity contribution in [2.45, 2.75) is 6.54 Å². The Kier molecular flexibility index (Phi) is 2.81. The number of anilines is 2. The van der Waals surface area contributed by atoms with Gasteiger partial charge >= 0.3 is 0 Å². The van der Waals surface area contributed by atoms with Crippen LogP contribution in [0.25, 0.3) is 0 Å². The normalized spacial score (nSPS) is 10.0. The third-order valence-corrected chi connectivity index (χ3v) is 2.10. The van der Waals surface area contributed by atoms with Gasteiger partial charge in [-0.25, -0.2) is 4.98 Å². The number of nitrogens with one attached hydrogen (secondary N) is 2. The lowest BCUT2D eigenvalue weighted by Gasteiger charge is -2.06. The molecule has 0 saturated heterocycles. The van der Waals surface area contributed by atoms with Crippen LogP contribution in [0.2, 0.25) is 0 Å². The lowest BCUT2D eigenvalue weighted by molar-refractivity contribution is 1.06. The van der Waals surface area contributed by atoms with Crippen molar-refractivity contribution in [3.05, 3.63) is 46.8 Å². The second kappa shape index (κ2) is 4.43. The first-order chi connectivity index (χ1) is 7.77. The summed E-state index contributed by atoms with van der Waals surface area (Å²) in [5.41, 5.74) is 6.36. The number of nitrogen functional groups attached to an aromatic ring is 1. The molecule has 0 atom stereocenters. The van der Waals surface area contributed by atoms with E-state index in [9.17, 15) is 4.79 Å². The summed E-state index contributed by atoms with van der Waals surface area (Å²) >= 11 is 0. The number of hydrogen-bond acceptors (Lipinski definition) is 5. The van der Waals surface area contributed by atoms with Crippen LogP contribution < -0.4 is 16.6 Å². The summed E-state index contributed by atoms with van der Waals surface area (Å²) < 4.78 is 0. The Hall–Kier alpha value is -2.37. The third-order valence-electron chi connectivity index (χ3n) is 2.10. The van der Waals surface area contributed by atoms with Crippen molar-refractivity contribution in [3.63, 3.8) is 0 Å². The molecule has 0 aliphatic rings. The number of H-pyrrole nitrogens is 1. The van der Waals surface area contributed by atoms with E-state index in [0.717, 1.165) is 5.56 Å². The van der Waals surface area contributed by atoms with Crippen molar-refractivity contribution >= 4 is 11.5 Å². The maximum atomic E-state index is 11.2. The smallest absolute Gasteiger partial charge is 0.276 e. The SMILES string of the molecule is Nc1c(NCc2ccncc2)nc[nH]c1=O. The molecule has 0 unspecified atom stereocenters. The van der Waals surface area contributed by atoms with Crippen LogP contribution in [0.3, 0.4) is 0 Å². The summed E-state index contributed by atoms with van der Waals surface area (Å²) in [7, 11) is 0. The van der Waals surface area contributed by atoms with Crippen molar-refractivity contribution in [2.24, 2.45) is 0 Å². The molecule has 0 spiro atoms. The van der Waals surface area contributed by atoms with E-state index in [0.29, 0.717) is 12.4 Å². The summed E-state index contributed by atoms with van der Waals surface area (Å²) in [6.07, 6.45) is 4.71. The average molecular weight is 217 g/mol. The predicted molar refractivity (Wildman–Crippen MR) is 60.8 cm³/mol. The molecule has 0 amide bonds. The van der Waals surface area contributed by atoms with Gasteiger partial charge in [0.15, 0.2) is 5.82 Å². The van der Waals surface area contributed by atoms with Crippen LogP contribution in [-0.2, 0) is 6.54 Å². The molecule has 16 heavy (non-hydrogen) atoms. The molecule has 0 aliphatic heterocycles. The minimum absolute atomic E-state index is 0.0940. The number of rotatable bonds is 3. The number of nitrogens with two attached hydrogens (primary N) is 1. The molecule has 0 radical (unpaired) electrons. The van der Waals surface area contributed by atoms with Crippen LogP contribution in [0.15, 0.2) is 35.6 Å². The molecule has 2 aromatic rings. The molecule has 6 heteroatoms. The van der Waals surface area contributed by atoms with Crippen molar-refractivity contribution < 1.29 is 0 Å². The standard InChI is InChI=1S/C10H11N5O/c11-8-9(14-6-15-10(8)16)13-5-7-1-3-12-4-2-7/h1-4,6H,5,11H2,(H2,13,14,15,16). The van der Waals surface area contributed by atoms with Crippen molar-refractivity contribution in [3.8, 4) is 0 Å². The van der Waals surface area contributed by atoms with E-state index in [1.165, 1.54) is 6.33 Å². The van der Waals surface area contributed by atoms with E-state index >= 15 is 0 Å². The van der Waals surface area contributed by atoms with Gasteiger partial charge in [-0.15, -0.1) is 0 Å². The van der Waals surface area contributed by atoms with Gasteiger partial charge in [-0.2, -0.15) is 0 Å². The zero-order valence-corrected chi connectivity index (χ0v) is 8.47. The third kappa shape index (κ3) is 2.17. The molecule has 2 heterocycles. The second-order valence-electron chi connectivity index (χ2n) is 3.20. The molecule has 4 N–H and O–H groups in total. The minimum atomic E-state index is -0.341. The first-order valence-corrected chi connectivity index (χ1v) is 4.73. The number of nitrogens with zero attached hydrogens (tertiary/aromatic N) is 2. The second-order valence-corrected chi connectivity index (χ2v) is 3.20. The van der Waals surface area contributed by atoms with Crippen molar-refractivity contribution in [1.29, 1.82) is 0 Å². The van der Waals surface area contributed by atoms with Gasteiger partial charge in [0.05, 0.1) is 6.33 Å². The van der Waals surface area contributed by atoms with Crippen molar-refractivity contribution in [1.82, 2.24) is 15.0 Å². The number of aromatic nitrogens is 3. The van der Waals surface area contributed by atoms with Crippen LogP contribution in [0.5, 0.6) is 0 Å². The minimum Gasteiger partial charge on any atom is -0.391 e. The van der Waals surface area contributed by atoms with Gasteiger partial charge in [-0.1, -0.05) is 0 Å². The predicted octanol–water partition coefficient (Wildman–Crippen LogP) is 0.359. The Labute approximate surface area is 91.6 Å². The van der Waals surface area contributed by atoms with Crippen LogP contribution in [0.1, 0.15) is 5.56 Å². The number of hydrogen-bond donors (Lipinski definition) is 3. The quantitative estimate of drug-likeness (QED) is 0.689. The van der Waals surface area contributed by atoms with Crippen molar-refractivity contribution in [2.75, 3.05) is 11.1 Å². The molecule has 0 bridgehead atoms. The van der Waals surface area contributed by atoms with E-state index in [4.69, 9.17) is 5.73 Å². The van der Waals surface area contributed by atoms with E-state index in [1.807, 2.05) is 12.1 Å². The number of aromatic amines is 1. The Balaban J connectivity index is 2.11. The molecule has 0 aromatic carbocycles. The molecular formula is C10H11N5O. The van der Waals surface area contributed by atoms with E-state index in [-0.39, 0.29) is 11.2 Å². The van der Waals surface area contributed by atoms with Gasteiger partial charge in [0.1, 0.15) is 5.69 Å². The fourth-order valence-electron chi connectivity index (χ4n) is 1.24. The maximum Gasteiger partial charge on any atom is 0.276 e. The topological polar surface area (TPSA) is 96.7 Å².